The first-order valence-electron chi connectivity index (χ1n) is 7.89. The Morgan fingerprint density at radius 1 is 1.25 bits per heavy atom. The van der Waals surface area contributed by atoms with Gasteiger partial charge in [-0.25, -0.2) is 0 Å². The number of nitrogens with one attached hydrogen (secondary N) is 1. The summed E-state index contributed by atoms with van der Waals surface area (Å²) in [4.78, 5) is 2.68. The molecule has 2 fully saturated rings. The van der Waals surface area contributed by atoms with E-state index in [1.165, 1.54) is 43.5 Å². The number of benzene rings is 1. The third-order valence-corrected chi connectivity index (χ3v) is 4.90. The minimum atomic E-state index is 0.607. The van der Waals surface area contributed by atoms with Gasteiger partial charge in [-0.3, -0.25) is 4.90 Å². The SMILES string of the molecule is COc1ccc(C(C2CCC2)N2CCNCC2)cc1C. The van der Waals surface area contributed by atoms with Gasteiger partial charge < -0.3 is 10.1 Å². The lowest BCUT2D eigenvalue weighted by Crippen LogP contribution is -2.47. The Bertz CT molecular complexity index is 450. The van der Waals surface area contributed by atoms with Gasteiger partial charge in [0.05, 0.1) is 7.11 Å². The fourth-order valence-corrected chi connectivity index (χ4v) is 3.58. The maximum Gasteiger partial charge on any atom is 0.121 e. The van der Waals surface area contributed by atoms with Gasteiger partial charge >= 0.3 is 0 Å². The average Bonchev–Trinajstić information content (AvgIpc) is 2.43. The summed E-state index contributed by atoms with van der Waals surface area (Å²) in [5.74, 6) is 1.85. The van der Waals surface area contributed by atoms with Crippen LogP contribution in [0, 0.1) is 12.8 Å². The van der Waals surface area contributed by atoms with Crippen LogP contribution in [-0.4, -0.2) is 38.2 Å². The second-order valence-electron chi connectivity index (χ2n) is 6.15. The lowest BCUT2D eigenvalue weighted by atomic mass is 9.76. The first-order chi connectivity index (χ1) is 9.79. The minimum Gasteiger partial charge on any atom is -0.496 e. The van der Waals surface area contributed by atoms with Crippen molar-refractivity contribution in [3.05, 3.63) is 29.3 Å². The van der Waals surface area contributed by atoms with Crippen LogP contribution in [-0.2, 0) is 0 Å². The molecule has 0 bridgehead atoms. The molecule has 1 aromatic carbocycles. The van der Waals surface area contributed by atoms with E-state index in [0.29, 0.717) is 6.04 Å². The standard InChI is InChI=1S/C17H26N2O/c1-13-12-15(6-7-16(13)20-2)17(14-4-3-5-14)19-10-8-18-9-11-19/h6-7,12,14,17-18H,3-5,8-11H2,1-2H3. The molecule has 1 aliphatic carbocycles. The number of rotatable bonds is 4. The van der Waals surface area contributed by atoms with Crippen LogP contribution in [0.15, 0.2) is 18.2 Å². The van der Waals surface area contributed by atoms with E-state index in [9.17, 15) is 0 Å². The minimum absolute atomic E-state index is 0.607. The van der Waals surface area contributed by atoms with Gasteiger partial charge in [0, 0.05) is 32.2 Å². The summed E-state index contributed by atoms with van der Waals surface area (Å²) >= 11 is 0. The fraction of sp³-hybridized carbons (Fsp3) is 0.647. The Labute approximate surface area is 122 Å². The molecule has 1 atom stereocenters. The van der Waals surface area contributed by atoms with E-state index in [-0.39, 0.29) is 0 Å². The molecule has 1 aliphatic heterocycles. The smallest absolute Gasteiger partial charge is 0.121 e. The summed E-state index contributed by atoms with van der Waals surface area (Å²) < 4.78 is 5.40. The second kappa shape index (κ2) is 6.15. The molecule has 110 valence electrons. The van der Waals surface area contributed by atoms with Crippen molar-refractivity contribution in [3.63, 3.8) is 0 Å². The van der Waals surface area contributed by atoms with E-state index in [2.05, 4.69) is 35.3 Å². The van der Waals surface area contributed by atoms with Gasteiger partial charge in [-0.1, -0.05) is 18.6 Å². The molecule has 20 heavy (non-hydrogen) atoms. The Balaban J connectivity index is 1.85. The topological polar surface area (TPSA) is 24.5 Å². The number of ether oxygens (including phenoxy) is 1. The average molecular weight is 274 g/mol. The van der Waals surface area contributed by atoms with Crippen LogP contribution in [0.1, 0.15) is 36.4 Å². The third kappa shape index (κ3) is 2.70. The van der Waals surface area contributed by atoms with Gasteiger partial charge in [-0.05, 0) is 42.9 Å². The summed E-state index contributed by atoms with van der Waals surface area (Å²) in [5, 5.41) is 3.46. The predicted octanol–water partition coefficient (Wildman–Crippen LogP) is 2.75. The molecule has 2 aliphatic rings. The van der Waals surface area contributed by atoms with Gasteiger partial charge in [0.15, 0.2) is 0 Å². The fourth-order valence-electron chi connectivity index (χ4n) is 3.58. The van der Waals surface area contributed by atoms with Crippen LogP contribution in [0.2, 0.25) is 0 Å². The van der Waals surface area contributed by atoms with Crippen molar-refractivity contribution in [2.75, 3.05) is 33.3 Å². The Hall–Kier alpha value is -1.06. The number of methoxy groups -OCH3 is 1. The maximum atomic E-state index is 5.40. The molecule has 1 saturated carbocycles. The highest BCUT2D eigenvalue weighted by Gasteiger charge is 2.33. The Morgan fingerprint density at radius 2 is 2.00 bits per heavy atom. The summed E-state index contributed by atoms with van der Waals surface area (Å²) in [6.45, 7) is 6.74. The summed E-state index contributed by atoms with van der Waals surface area (Å²) in [5.41, 5.74) is 2.74. The van der Waals surface area contributed by atoms with E-state index >= 15 is 0 Å². The maximum absolute atomic E-state index is 5.40. The normalized spacial score (nSPS) is 22.3. The zero-order valence-electron chi connectivity index (χ0n) is 12.7. The lowest BCUT2D eigenvalue weighted by Gasteiger charge is -2.43. The molecule has 1 unspecified atom stereocenters. The van der Waals surface area contributed by atoms with Crippen molar-refractivity contribution in [2.24, 2.45) is 5.92 Å². The molecule has 1 N–H and O–H groups in total. The van der Waals surface area contributed by atoms with Crippen LogP contribution in [0.25, 0.3) is 0 Å². The molecule has 0 amide bonds. The predicted molar refractivity (Wildman–Crippen MR) is 82.3 cm³/mol. The first-order valence-corrected chi connectivity index (χ1v) is 7.89. The van der Waals surface area contributed by atoms with Crippen LogP contribution < -0.4 is 10.1 Å². The van der Waals surface area contributed by atoms with Crippen molar-refractivity contribution in [3.8, 4) is 5.75 Å². The Morgan fingerprint density at radius 3 is 2.55 bits per heavy atom. The molecule has 3 heteroatoms. The van der Waals surface area contributed by atoms with Crippen molar-refractivity contribution < 1.29 is 4.74 Å². The number of piperazine rings is 1. The molecular weight excluding hydrogens is 248 g/mol. The molecule has 1 aromatic rings. The molecule has 0 radical (unpaired) electrons. The molecule has 1 heterocycles. The number of nitrogens with zero attached hydrogens (tertiary/aromatic N) is 1. The summed E-state index contributed by atoms with van der Waals surface area (Å²) in [6.07, 6.45) is 4.18. The van der Waals surface area contributed by atoms with E-state index in [1.54, 1.807) is 7.11 Å². The Kier molecular flexibility index (Phi) is 4.27. The van der Waals surface area contributed by atoms with E-state index in [1.807, 2.05) is 0 Å². The van der Waals surface area contributed by atoms with Gasteiger partial charge in [0.2, 0.25) is 0 Å². The van der Waals surface area contributed by atoms with Crippen LogP contribution in [0.4, 0.5) is 0 Å². The van der Waals surface area contributed by atoms with E-state index < -0.39 is 0 Å². The van der Waals surface area contributed by atoms with E-state index in [4.69, 9.17) is 4.74 Å². The highest BCUT2D eigenvalue weighted by atomic mass is 16.5. The number of aryl methyl sites for hydroxylation is 1. The molecule has 0 aromatic heterocycles. The first kappa shape index (κ1) is 13.9. The van der Waals surface area contributed by atoms with Crippen LogP contribution in [0.5, 0.6) is 5.75 Å². The second-order valence-corrected chi connectivity index (χ2v) is 6.15. The summed E-state index contributed by atoms with van der Waals surface area (Å²) in [6, 6.07) is 7.36. The number of hydrogen-bond donors (Lipinski definition) is 1. The molecular formula is C17H26N2O. The molecule has 3 rings (SSSR count). The monoisotopic (exact) mass is 274 g/mol. The van der Waals surface area contributed by atoms with Crippen LogP contribution in [0.3, 0.4) is 0 Å². The van der Waals surface area contributed by atoms with Crippen LogP contribution >= 0.6 is 0 Å². The molecule has 0 spiro atoms. The van der Waals surface area contributed by atoms with Crippen molar-refractivity contribution >= 4 is 0 Å². The highest BCUT2D eigenvalue weighted by Crippen LogP contribution is 2.42. The molecule has 3 nitrogen and oxygen atoms in total. The lowest BCUT2D eigenvalue weighted by molar-refractivity contribution is 0.0836. The van der Waals surface area contributed by atoms with Crippen molar-refractivity contribution in [1.82, 2.24) is 10.2 Å². The van der Waals surface area contributed by atoms with Gasteiger partial charge in [-0.2, -0.15) is 0 Å². The van der Waals surface area contributed by atoms with E-state index in [0.717, 1.165) is 24.8 Å². The van der Waals surface area contributed by atoms with Crippen molar-refractivity contribution in [2.45, 2.75) is 32.2 Å². The van der Waals surface area contributed by atoms with Gasteiger partial charge in [0.25, 0.3) is 0 Å². The third-order valence-electron chi connectivity index (χ3n) is 4.90. The quantitative estimate of drug-likeness (QED) is 0.913. The van der Waals surface area contributed by atoms with Gasteiger partial charge in [-0.15, -0.1) is 0 Å². The zero-order valence-corrected chi connectivity index (χ0v) is 12.7. The number of hydrogen-bond acceptors (Lipinski definition) is 3. The molecule has 1 saturated heterocycles. The highest BCUT2D eigenvalue weighted by molar-refractivity contribution is 5.37. The van der Waals surface area contributed by atoms with Gasteiger partial charge in [0.1, 0.15) is 5.75 Å². The summed E-state index contributed by atoms with van der Waals surface area (Å²) in [7, 11) is 1.75. The zero-order chi connectivity index (χ0) is 13.9. The van der Waals surface area contributed by atoms with Crippen molar-refractivity contribution in [1.29, 1.82) is 0 Å². The largest absolute Gasteiger partial charge is 0.496 e.